The van der Waals surface area contributed by atoms with Crippen molar-refractivity contribution in [1.82, 2.24) is 20.6 Å². The van der Waals surface area contributed by atoms with Crippen molar-refractivity contribution in [2.75, 3.05) is 13.2 Å². The molecule has 10 heteroatoms. The van der Waals surface area contributed by atoms with E-state index in [0.29, 0.717) is 24.9 Å². The summed E-state index contributed by atoms with van der Waals surface area (Å²) in [6.45, 7) is 1.91. The zero-order valence-corrected chi connectivity index (χ0v) is 16.8. The van der Waals surface area contributed by atoms with Crippen LogP contribution in [0.3, 0.4) is 0 Å². The van der Waals surface area contributed by atoms with Crippen molar-refractivity contribution in [3.8, 4) is 17.3 Å². The Morgan fingerprint density at radius 2 is 1.94 bits per heavy atom. The molecule has 0 spiro atoms. The molecule has 2 heterocycles. The van der Waals surface area contributed by atoms with Crippen molar-refractivity contribution < 1.29 is 22.3 Å². The van der Waals surface area contributed by atoms with Gasteiger partial charge in [0.25, 0.3) is 0 Å². The Morgan fingerprint density at radius 1 is 1.13 bits per heavy atom. The minimum Gasteiger partial charge on any atom is -0.468 e. The SMILES string of the molecule is CCNC(=NCc1ccc(OCC(F)(F)F)nc1)NCc1coc(-c2ccccc2)n1. The fourth-order valence-corrected chi connectivity index (χ4v) is 2.53. The summed E-state index contributed by atoms with van der Waals surface area (Å²) in [6, 6.07) is 12.6. The van der Waals surface area contributed by atoms with E-state index in [0.717, 1.165) is 16.8 Å². The van der Waals surface area contributed by atoms with Crippen LogP contribution in [0.1, 0.15) is 18.2 Å². The minimum atomic E-state index is -4.40. The molecule has 7 nitrogen and oxygen atoms in total. The summed E-state index contributed by atoms with van der Waals surface area (Å²) in [5.74, 6) is 1.01. The van der Waals surface area contributed by atoms with Gasteiger partial charge < -0.3 is 19.8 Å². The third kappa shape index (κ3) is 7.32. The van der Waals surface area contributed by atoms with Crippen molar-refractivity contribution in [1.29, 1.82) is 0 Å². The third-order valence-electron chi connectivity index (χ3n) is 3.95. The highest BCUT2D eigenvalue weighted by atomic mass is 19.4. The Hall–Kier alpha value is -3.56. The van der Waals surface area contributed by atoms with Crippen molar-refractivity contribution in [3.63, 3.8) is 0 Å². The lowest BCUT2D eigenvalue weighted by atomic mass is 10.2. The third-order valence-corrected chi connectivity index (χ3v) is 3.95. The van der Waals surface area contributed by atoms with E-state index in [1.807, 2.05) is 37.3 Å². The molecule has 3 aromatic rings. The van der Waals surface area contributed by atoms with Crippen LogP contribution < -0.4 is 15.4 Å². The first-order chi connectivity index (χ1) is 14.9. The number of hydrogen-bond donors (Lipinski definition) is 2. The molecule has 0 saturated heterocycles. The monoisotopic (exact) mass is 433 g/mol. The summed E-state index contributed by atoms with van der Waals surface area (Å²) in [6.07, 6.45) is -1.38. The zero-order chi connectivity index (χ0) is 22.1. The summed E-state index contributed by atoms with van der Waals surface area (Å²) in [5.41, 5.74) is 2.34. The maximum Gasteiger partial charge on any atom is 0.422 e. The lowest BCUT2D eigenvalue weighted by Crippen LogP contribution is -2.36. The molecule has 0 aliphatic heterocycles. The van der Waals surface area contributed by atoms with E-state index in [9.17, 15) is 13.2 Å². The number of aromatic nitrogens is 2. The predicted octanol–water partition coefficient (Wildman–Crippen LogP) is 3.93. The van der Waals surface area contributed by atoms with E-state index >= 15 is 0 Å². The highest BCUT2D eigenvalue weighted by molar-refractivity contribution is 5.79. The summed E-state index contributed by atoms with van der Waals surface area (Å²) in [7, 11) is 0. The molecule has 0 aliphatic rings. The van der Waals surface area contributed by atoms with Gasteiger partial charge in [-0.3, -0.25) is 0 Å². The molecule has 1 aromatic carbocycles. The van der Waals surface area contributed by atoms with Gasteiger partial charge >= 0.3 is 6.18 Å². The maximum absolute atomic E-state index is 12.2. The van der Waals surface area contributed by atoms with Crippen LogP contribution in [0, 0.1) is 0 Å². The molecule has 0 bridgehead atoms. The number of nitrogens with one attached hydrogen (secondary N) is 2. The van der Waals surface area contributed by atoms with E-state index in [-0.39, 0.29) is 12.4 Å². The fourth-order valence-electron chi connectivity index (χ4n) is 2.53. The number of aliphatic imine (C=N–C) groups is 1. The van der Waals surface area contributed by atoms with Crippen LogP contribution in [-0.4, -0.2) is 35.3 Å². The maximum atomic E-state index is 12.2. The van der Waals surface area contributed by atoms with E-state index in [1.165, 1.54) is 12.3 Å². The van der Waals surface area contributed by atoms with Gasteiger partial charge in [0, 0.05) is 24.4 Å². The number of ether oxygens (including phenoxy) is 1. The van der Waals surface area contributed by atoms with Crippen molar-refractivity contribution >= 4 is 5.96 Å². The van der Waals surface area contributed by atoms with Gasteiger partial charge in [-0.25, -0.2) is 15.0 Å². The second kappa shape index (κ2) is 10.5. The lowest BCUT2D eigenvalue weighted by molar-refractivity contribution is -0.154. The van der Waals surface area contributed by atoms with Crippen LogP contribution in [0.15, 0.2) is 64.3 Å². The Bertz CT molecular complexity index is 973. The van der Waals surface area contributed by atoms with Crippen LogP contribution in [0.4, 0.5) is 13.2 Å². The number of oxazole rings is 1. The van der Waals surface area contributed by atoms with Crippen LogP contribution in [0.25, 0.3) is 11.5 Å². The van der Waals surface area contributed by atoms with E-state index < -0.39 is 12.8 Å². The Balaban J connectivity index is 1.55. The number of nitrogens with zero attached hydrogens (tertiary/aromatic N) is 3. The predicted molar refractivity (Wildman–Crippen MR) is 109 cm³/mol. The summed E-state index contributed by atoms with van der Waals surface area (Å²) >= 11 is 0. The first kappa shape index (κ1) is 22.1. The standard InChI is InChI=1S/C21H22F3N5O2/c1-2-25-20(27-11-15-8-9-18(26-10-15)31-14-21(22,23)24)28-12-17-13-30-19(29-17)16-6-4-3-5-7-16/h3-10,13H,2,11-12,14H2,1H3,(H2,25,27,28). The lowest BCUT2D eigenvalue weighted by Gasteiger charge is -2.10. The molecule has 31 heavy (non-hydrogen) atoms. The van der Waals surface area contributed by atoms with Gasteiger partial charge in [-0.15, -0.1) is 0 Å². The van der Waals surface area contributed by atoms with Gasteiger partial charge in [-0.05, 0) is 24.6 Å². The van der Waals surface area contributed by atoms with Gasteiger partial charge in [0.1, 0.15) is 6.26 Å². The second-order valence-corrected chi connectivity index (χ2v) is 6.47. The largest absolute Gasteiger partial charge is 0.468 e. The van der Waals surface area contributed by atoms with Crippen LogP contribution in [-0.2, 0) is 13.1 Å². The Morgan fingerprint density at radius 3 is 2.61 bits per heavy atom. The molecule has 0 fully saturated rings. The molecule has 2 aromatic heterocycles. The zero-order valence-electron chi connectivity index (χ0n) is 16.8. The molecule has 0 radical (unpaired) electrons. The Kier molecular flexibility index (Phi) is 7.47. The molecule has 0 saturated carbocycles. The summed E-state index contributed by atoms with van der Waals surface area (Å²) in [4.78, 5) is 12.8. The number of alkyl halides is 3. The van der Waals surface area contributed by atoms with Crippen LogP contribution in [0.2, 0.25) is 0 Å². The highest BCUT2D eigenvalue weighted by Crippen LogP contribution is 2.18. The van der Waals surface area contributed by atoms with Crippen molar-refractivity contribution in [3.05, 3.63) is 66.2 Å². The molecule has 0 aliphatic carbocycles. The topological polar surface area (TPSA) is 84.6 Å². The quantitative estimate of drug-likeness (QED) is 0.414. The molecule has 0 amide bonds. The van der Waals surface area contributed by atoms with Gasteiger partial charge in [0.05, 0.1) is 18.8 Å². The highest BCUT2D eigenvalue weighted by Gasteiger charge is 2.28. The van der Waals surface area contributed by atoms with Gasteiger partial charge in [0.2, 0.25) is 11.8 Å². The summed E-state index contributed by atoms with van der Waals surface area (Å²) < 4.78 is 46.7. The van der Waals surface area contributed by atoms with Crippen molar-refractivity contribution in [2.45, 2.75) is 26.2 Å². The van der Waals surface area contributed by atoms with Gasteiger partial charge in [0.15, 0.2) is 12.6 Å². The number of guanidine groups is 1. The first-order valence-electron chi connectivity index (χ1n) is 9.59. The molecule has 164 valence electrons. The van der Waals surface area contributed by atoms with E-state index in [2.05, 4.69) is 30.3 Å². The fraction of sp³-hybridized carbons (Fsp3) is 0.286. The van der Waals surface area contributed by atoms with Crippen LogP contribution >= 0.6 is 0 Å². The molecule has 0 atom stereocenters. The average Bonchev–Trinajstić information content (AvgIpc) is 3.24. The minimum absolute atomic E-state index is 0.0876. The molecular formula is C21H22F3N5O2. The van der Waals surface area contributed by atoms with Gasteiger partial charge in [-0.1, -0.05) is 24.3 Å². The number of benzene rings is 1. The number of pyridine rings is 1. The number of halogens is 3. The smallest absolute Gasteiger partial charge is 0.422 e. The second-order valence-electron chi connectivity index (χ2n) is 6.47. The molecule has 0 unspecified atom stereocenters. The normalized spacial score (nSPS) is 11.9. The molecule has 2 N–H and O–H groups in total. The van der Waals surface area contributed by atoms with E-state index in [1.54, 1.807) is 12.3 Å². The van der Waals surface area contributed by atoms with Crippen LogP contribution in [0.5, 0.6) is 5.88 Å². The summed E-state index contributed by atoms with van der Waals surface area (Å²) in [5, 5.41) is 6.29. The number of hydrogen-bond acceptors (Lipinski definition) is 5. The molecular weight excluding hydrogens is 411 g/mol. The number of rotatable bonds is 8. The van der Waals surface area contributed by atoms with Gasteiger partial charge in [-0.2, -0.15) is 13.2 Å². The van der Waals surface area contributed by atoms with Crippen molar-refractivity contribution in [2.24, 2.45) is 4.99 Å². The molecule has 3 rings (SSSR count). The average molecular weight is 433 g/mol. The first-order valence-corrected chi connectivity index (χ1v) is 9.59. The van der Waals surface area contributed by atoms with E-state index in [4.69, 9.17) is 4.42 Å². The Labute approximate surface area is 177 Å².